The van der Waals surface area contributed by atoms with Crippen LogP contribution in [0.15, 0.2) is 33.8 Å². The highest BCUT2D eigenvalue weighted by atomic mass is 79.9. The second-order valence-corrected chi connectivity index (χ2v) is 7.63. The van der Waals surface area contributed by atoms with Crippen LogP contribution in [0.1, 0.15) is 25.7 Å². The first-order valence-corrected chi connectivity index (χ1v) is 9.08. The number of halogens is 1. The maximum absolute atomic E-state index is 12.5. The quantitative estimate of drug-likeness (QED) is 0.833. The number of nitrogens with one attached hydrogen (secondary N) is 2. The lowest BCUT2D eigenvalue weighted by Crippen LogP contribution is -2.49. The molecule has 2 fully saturated rings. The Labute approximate surface area is 147 Å². The van der Waals surface area contributed by atoms with Crippen LogP contribution in [0.2, 0.25) is 0 Å². The first kappa shape index (κ1) is 15.8. The SMILES string of the molecule is O=C(Cn1cnc2ccc(Br)cc2c1=O)NC1CC2CCC(C1)N2. The minimum Gasteiger partial charge on any atom is -0.352 e. The van der Waals surface area contributed by atoms with Crippen LogP contribution in [0.5, 0.6) is 0 Å². The Balaban J connectivity index is 1.48. The highest BCUT2D eigenvalue weighted by molar-refractivity contribution is 9.10. The van der Waals surface area contributed by atoms with Crippen LogP contribution in [0.3, 0.4) is 0 Å². The van der Waals surface area contributed by atoms with Gasteiger partial charge in [0.2, 0.25) is 5.91 Å². The van der Waals surface area contributed by atoms with Crippen molar-refractivity contribution < 1.29 is 4.79 Å². The Morgan fingerprint density at radius 3 is 2.83 bits per heavy atom. The molecule has 2 unspecified atom stereocenters. The van der Waals surface area contributed by atoms with Crippen LogP contribution in [-0.4, -0.2) is 33.6 Å². The van der Waals surface area contributed by atoms with E-state index in [2.05, 4.69) is 31.5 Å². The highest BCUT2D eigenvalue weighted by Gasteiger charge is 2.33. The molecule has 7 heteroatoms. The van der Waals surface area contributed by atoms with E-state index in [1.807, 2.05) is 6.07 Å². The van der Waals surface area contributed by atoms with Crippen molar-refractivity contribution in [2.45, 2.75) is 50.4 Å². The van der Waals surface area contributed by atoms with Gasteiger partial charge >= 0.3 is 0 Å². The predicted molar refractivity (Wildman–Crippen MR) is 94.8 cm³/mol. The summed E-state index contributed by atoms with van der Waals surface area (Å²) >= 11 is 3.36. The van der Waals surface area contributed by atoms with Gasteiger partial charge in [-0.1, -0.05) is 15.9 Å². The van der Waals surface area contributed by atoms with Gasteiger partial charge < -0.3 is 10.6 Å². The summed E-state index contributed by atoms with van der Waals surface area (Å²) in [5, 5.41) is 7.15. The molecule has 0 spiro atoms. The fourth-order valence-electron chi connectivity index (χ4n) is 3.85. The largest absolute Gasteiger partial charge is 0.352 e. The van der Waals surface area contributed by atoms with Crippen molar-refractivity contribution in [1.29, 1.82) is 0 Å². The van der Waals surface area contributed by atoms with Gasteiger partial charge in [-0.2, -0.15) is 0 Å². The van der Waals surface area contributed by atoms with Gasteiger partial charge in [0.25, 0.3) is 5.56 Å². The van der Waals surface area contributed by atoms with Gasteiger partial charge in [0, 0.05) is 22.6 Å². The van der Waals surface area contributed by atoms with Gasteiger partial charge in [-0.15, -0.1) is 0 Å². The average molecular weight is 391 g/mol. The van der Waals surface area contributed by atoms with Crippen molar-refractivity contribution in [3.8, 4) is 0 Å². The Kier molecular flexibility index (Phi) is 4.14. The second kappa shape index (κ2) is 6.29. The molecule has 2 aromatic rings. The number of hydrogen-bond acceptors (Lipinski definition) is 4. The number of piperidine rings is 1. The van der Waals surface area contributed by atoms with Crippen LogP contribution in [-0.2, 0) is 11.3 Å². The topological polar surface area (TPSA) is 76.0 Å². The molecule has 2 saturated heterocycles. The van der Waals surface area contributed by atoms with Crippen molar-refractivity contribution in [2.24, 2.45) is 0 Å². The molecule has 0 saturated carbocycles. The summed E-state index contributed by atoms with van der Waals surface area (Å²) in [6, 6.07) is 6.62. The first-order chi connectivity index (χ1) is 11.6. The van der Waals surface area contributed by atoms with Crippen molar-refractivity contribution in [3.05, 3.63) is 39.4 Å². The fourth-order valence-corrected chi connectivity index (χ4v) is 4.21. The predicted octanol–water partition coefficient (Wildman–Crippen LogP) is 1.56. The number of carbonyl (C=O) groups excluding carboxylic acids is 1. The van der Waals surface area contributed by atoms with Crippen LogP contribution in [0, 0.1) is 0 Å². The monoisotopic (exact) mass is 390 g/mol. The highest BCUT2D eigenvalue weighted by Crippen LogP contribution is 2.26. The summed E-state index contributed by atoms with van der Waals surface area (Å²) in [4.78, 5) is 29.1. The number of hydrogen-bond donors (Lipinski definition) is 2. The molecule has 2 aliphatic heterocycles. The van der Waals surface area contributed by atoms with Gasteiger partial charge in [-0.3, -0.25) is 14.2 Å². The molecular formula is C17H19BrN4O2. The molecule has 2 aliphatic rings. The Bertz CT molecular complexity index is 838. The third-order valence-corrected chi connectivity index (χ3v) is 5.43. The summed E-state index contributed by atoms with van der Waals surface area (Å²) in [5.74, 6) is -0.125. The standard InChI is InChI=1S/C17H19BrN4O2/c18-10-1-4-15-14(5-10)17(24)22(9-19-15)8-16(23)21-13-6-11-2-3-12(7-13)20-11/h1,4-5,9,11-13,20H,2-3,6-8H2,(H,21,23). The minimum absolute atomic E-state index is 0.00749. The Morgan fingerprint density at radius 2 is 2.08 bits per heavy atom. The number of rotatable bonds is 3. The zero-order chi connectivity index (χ0) is 16.7. The molecule has 1 aromatic carbocycles. The van der Waals surface area contributed by atoms with Crippen molar-refractivity contribution in [2.75, 3.05) is 0 Å². The number of amides is 1. The second-order valence-electron chi connectivity index (χ2n) is 6.71. The molecule has 0 aliphatic carbocycles. The van der Waals surface area contributed by atoms with E-state index in [4.69, 9.17) is 0 Å². The Hall–Kier alpha value is -1.73. The van der Waals surface area contributed by atoms with Crippen LogP contribution < -0.4 is 16.2 Å². The van der Waals surface area contributed by atoms with E-state index in [0.29, 0.717) is 23.0 Å². The summed E-state index contributed by atoms with van der Waals surface area (Å²) in [6.07, 6.45) is 5.78. The van der Waals surface area contributed by atoms with Gasteiger partial charge in [-0.25, -0.2) is 4.98 Å². The van der Waals surface area contributed by atoms with E-state index in [-0.39, 0.29) is 24.1 Å². The molecule has 2 N–H and O–H groups in total. The van der Waals surface area contributed by atoms with E-state index < -0.39 is 0 Å². The Morgan fingerprint density at radius 1 is 1.33 bits per heavy atom. The van der Waals surface area contributed by atoms with Crippen molar-refractivity contribution >= 4 is 32.7 Å². The number of fused-ring (bicyclic) bond motifs is 3. The van der Waals surface area contributed by atoms with E-state index in [9.17, 15) is 9.59 Å². The maximum Gasteiger partial charge on any atom is 0.261 e. The molecule has 24 heavy (non-hydrogen) atoms. The number of benzene rings is 1. The summed E-state index contributed by atoms with van der Waals surface area (Å²) < 4.78 is 2.20. The molecule has 4 rings (SSSR count). The maximum atomic E-state index is 12.5. The fraction of sp³-hybridized carbons (Fsp3) is 0.471. The third kappa shape index (κ3) is 3.10. The molecule has 126 valence electrons. The van der Waals surface area contributed by atoms with Crippen LogP contribution in [0.25, 0.3) is 10.9 Å². The lowest BCUT2D eigenvalue weighted by atomic mass is 10.00. The normalized spacial score (nSPS) is 25.8. The van der Waals surface area contributed by atoms with E-state index in [0.717, 1.165) is 17.3 Å². The molecule has 2 atom stereocenters. The van der Waals surface area contributed by atoms with Crippen LogP contribution in [0.4, 0.5) is 0 Å². The molecule has 1 amide bonds. The third-order valence-electron chi connectivity index (χ3n) is 4.94. The van der Waals surface area contributed by atoms with E-state index in [1.165, 1.54) is 23.7 Å². The van der Waals surface area contributed by atoms with Gasteiger partial charge in [0.1, 0.15) is 6.54 Å². The smallest absolute Gasteiger partial charge is 0.261 e. The lowest BCUT2D eigenvalue weighted by Gasteiger charge is -2.29. The molecule has 0 radical (unpaired) electrons. The van der Waals surface area contributed by atoms with Crippen molar-refractivity contribution in [1.82, 2.24) is 20.2 Å². The molecule has 6 nitrogen and oxygen atoms in total. The zero-order valence-corrected chi connectivity index (χ0v) is 14.8. The van der Waals surface area contributed by atoms with Gasteiger partial charge in [0.05, 0.1) is 17.2 Å². The number of carbonyl (C=O) groups is 1. The summed E-state index contributed by atoms with van der Waals surface area (Å²) in [6.45, 7) is 0.00749. The first-order valence-electron chi connectivity index (χ1n) is 8.28. The minimum atomic E-state index is -0.193. The molecule has 2 bridgehead atoms. The van der Waals surface area contributed by atoms with Crippen molar-refractivity contribution in [3.63, 3.8) is 0 Å². The summed E-state index contributed by atoms with van der Waals surface area (Å²) in [7, 11) is 0. The van der Waals surface area contributed by atoms with Gasteiger partial charge in [0.15, 0.2) is 0 Å². The number of aromatic nitrogens is 2. The molecule has 1 aromatic heterocycles. The number of nitrogens with zero attached hydrogens (tertiary/aromatic N) is 2. The molecule has 3 heterocycles. The molecular weight excluding hydrogens is 372 g/mol. The average Bonchev–Trinajstić information content (AvgIpc) is 2.89. The summed E-state index contributed by atoms with van der Waals surface area (Å²) in [5.41, 5.74) is 0.441. The van der Waals surface area contributed by atoms with E-state index in [1.54, 1.807) is 12.1 Å². The zero-order valence-electron chi connectivity index (χ0n) is 13.2. The van der Waals surface area contributed by atoms with Crippen LogP contribution >= 0.6 is 15.9 Å². The van der Waals surface area contributed by atoms with Gasteiger partial charge in [-0.05, 0) is 43.9 Å². The van der Waals surface area contributed by atoms with E-state index >= 15 is 0 Å². The lowest BCUT2D eigenvalue weighted by molar-refractivity contribution is -0.122.